The Labute approximate surface area is 167 Å². The van der Waals surface area contributed by atoms with Crippen molar-refractivity contribution < 1.29 is 9.53 Å². The summed E-state index contributed by atoms with van der Waals surface area (Å²) in [4.78, 5) is 12.6. The molecule has 28 heavy (non-hydrogen) atoms. The molecule has 1 N–H and O–H groups in total. The Bertz CT molecular complexity index is 956. The van der Waals surface area contributed by atoms with Crippen LogP contribution in [0.4, 0.5) is 5.69 Å². The molecule has 0 radical (unpaired) electrons. The molecular formula is C25H27NO2. The maximum Gasteiger partial charge on any atom is 0.262 e. The largest absolute Gasteiger partial charge is 0.483 e. The highest BCUT2D eigenvalue weighted by Crippen LogP contribution is 2.32. The molecule has 1 amide bonds. The molecule has 0 aliphatic carbocycles. The Morgan fingerprint density at radius 1 is 0.929 bits per heavy atom. The van der Waals surface area contributed by atoms with Crippen LogP contribution in [0.25, 0.3) is 11.1 Å². The summed E-state index contributed by atoms with van der Waals surface area (Å²) in [5.74, 6) is 0.587. The molecule has 0 fully saturated rings. The van der Waals surface area contributed by atoms with E-state index in [1.807, 2.05) is 67.6 Å². The molecule has 3 aromatic rings. The van der Waals surface area contributed by atoms with Gasteiger partial charge in [0, 0.05) is 11.3 Å². The Balaban J connectivity index is 1.74. The van der Waals surface area contributed by atoms with E-state index in [9.17, 15) is 4.79 Å². The van der Waals surface area contributed by atoms with Crippen molar-refractivity contribution in [3.05, 3.63) is 83.9 Å². The van der Waals surface area contributed by atoms with Gasteiger partial charge in [0.15, 0.2) is 6.61 Å². The highest BCUT2D eigenvalue weighted by molar-refractivity contribution is 5.96. The van der Waals surface area contributed by atoms with Crippen LogP contribution in [0, 0.1) is 6.92 Å². The molecule has 0 aliphatic rings. The van der Waals surface area contributed by atoms with Crippen molar-refractivity contribution in [3.63, 3.8) is 0 Å². The fourth-order valence-electron chi connectivity index (χ4n) is 3.16. The molecule has 0 aliphatic heterocycles. The van der Waals surface area contributed by atoms with E-state index < -0.39 is 0 Å². The Morgan fingerprint density at radius 3 is 2.32 bits per heavy atom. The van der Waals surface area contributed by atoms with Gasteiger partial charge in [0.1, 0.15) is 5.75 Å². The molecule has 0 heterocycles. The van der Waals surface area contributed by atoms with Crippen LogP contribution in [-0.4, -0.2) is 12.5 Å². The summed E-state index contributed by atoms with van der Waals surface area (Å²) in [5, 5.41) is 2.99. The van der Waals surface area contributed by atoms with Gasteiger partial charge >= 0.3 is 0 Å². The van der Waals surface area contributed by atoms with Crippen LogP contribution in [0.15, 0.2) is 72.8 Å². The summed E-state index contributed by atoms with van der Waals surface area (Å²) in [6.45, 7) is 8.41. The van der Waals surface area contributed by atoms with Crippen molar-refractivity contribution in [2.75, 3.05) is 11.9 Å². The summed E-state index contributed by atoms with van der Waals surface area (Å²) < 4.78 is 5.91. The third-order valence-electron chi connectivity index (χ3n) is 4.59. The van der Waals surface area contributed by atoms with Crippen molar-refractivity contribution in [1.29, 1.82) is 0 Å². The number of para-hydroxylation sites is 1. The predicted molar refractivity (Wildman–Crippen MR) is 116 cm³/mol. The van der Waals surface area contributed by atoms with Gasteiger partial charge in [0.05, 0.1) is 0 Å². The summed E-state index contributed by atoms with van der Waals surface area (Å²) >= 11 is 0. The molecule has 0 unspecified atom stereocenters. The Kier molecular flexibility index (Phi) is 5.84. The zero-order chi connectivity index (χ0) is 20.1. The number of benzene rings is 3. The van der Waals surface area contributed by atoms with Crippen LogP contribution in [0.5, 0.6) is 5.75 Å². The van der Waals surface area contributed by atoms with Gasteiger partial charge in [-0.05, 0) is 41.2 Å². The normalized spacial score (nSPS) is 11.1. The predicted octanol–water partition coefficient (Wildman–Crippen LogP) is 5.98. The number of rotatable bonds is 5. The minimum Gasteiger partial charge on any atom is -0.483 e. The van der Waals surface area contributed by atoms with Crippen molar-refractivity contribution in [2.24, 2.45) is 0 Å². The lowest BCUT2D eigenvalue weighted by Crippen LogP contribution is -2.22. The number of ether oxygens (including phenoxy) is 1. The number of hydrogen-bond donors (Lipinski definition) is 1. The summed E-state index contributed by atoms with van der Waals surface area (Å²) in [5.41, 5.74) is 4.98. The smallest absolute Gasteiger partial charge is 0.262 e. The number of carbonyl (C=O) groups is 1. The third kappa shape index (κ3) is 4.80. The zero-order valence-electron chi connectivity index (χ0n) is 17.0. The van der Waals surface area contributed by atoms with Crippen LogP contribution >= 0.6 is 0 Å². The van der Waals surface area contributed by atoms with Crippen molar-refractivity contribution in [1.82, 2.24) is 0 Å². The number of carbonyl (C=O) groups excluding carboxylic acids is 1. The molecule has 0 saturated heterocycles. The van der Waals surface area contributed by atoms with E-state index in [1.165, 1.54) is 0 Å². The van der Waals surface area contributed by atoms with Crippen LogP contribution in [0.2, 0.25) is 0 Å². The van der Waals surface area contributed by atoms with Gasteiger partial charge in [0.25, 0.3) is 5.91 Å². The van der Waals surface area contributed by atoms with E-state index in [4.69, 9.17) is 4.74 Å². The monoisotopic (exact) mass is 373 g/mol. The maximum atomic E-state index is 12.6. The van der Waals surface area contributed by atoms with Gasteiger partial charge in [-0.1, -0.05) is 81.4 Å². The molecule has 0 saturated carbocycles. The molecule has 0 bridgehead atoms. The van der Waals surface area contributed by atoms with Crippen LogP contribution < -0.4 is 10.1 Å². The summed E-state index contributed by atoms with van der Waals surface area (Å²) in [6.07, 6.45) is 0. The lowest BCUT2D eigenvalue weighted by molar-refractivity contribution is -0.118. The number of amides is 1. The van der Waals surface area contributed by atoms with Crippen molar-refractivity contribution in [2.45, 2.75) is 33.1 Å². The van der Waals surface area contributed by atoms with Crippen molar-refractivity contribution >= 4 is 11.6 Å². The minimum absolute atomic E-state index is 0.0321. The van der Waals surface area contributed by atoms with Gasteiger partial charge in [-0.3, -0.25) is 4.79 Å². The second-order valence-corrected chi connectivity index (χ2v) is 8.00. The van der Waals surface area contributed by atoms with E-state index in [1.54, 1.807) is 0 Å². The lowest BCUT2D eigenvalue weighted by Gasteiger charge is -2.23. The van der Waals surface area contributed by atoms with Gasteiger partial charge < -0.3 is 10.1 Å². The molecule has 0 atom stereocenters. The first-order valence-electron chi connectivity index (χ1n) is 9.53. The van der Waals surface area contributed by atoms with E-state index in [-0.39, 0.29) is 17.9 Å². The average molecular weight is 373 g/mol. The van der Waals surface area contributed by atoms with Crippen LogP contribution in [-0.2, 0) is 10.2 Å². The molecule has 144 valence electrons. The first-order chi connectivity index (χ1) is 13.3. The minimum atomic E-state index is -0.176. The fraction of sp³-hybridized carbons (Fsp3) is 0.240. The fourth-order valence-corrected chi connectivity index (χ4v) is 3.16. The molecule has 0 spiro atoms. The number of hydrogen-bond acceptors (Lipinski definition) is 2. The standard InChI is InChI=1S/C25H27NO2/c1-18-14-15-21(25(2,3)4)23(16-18)28-17-24(27)26-22-13-9-8-12-20(22)19-10-6-5-7-11-19/h5-16H,17H2,1-4H3,(H,26,27). The molecule has 3 aromatic carbocycles. The van der Waals surface area contributed by atoms with Gasteiger partial charge in [-0.2, -0.15) is 0 Å². The SMILES string of the molecule is Cc1ccc(C(C)(C)C)c(OCC(=O)Nc2ccccc2-c2ccccc2)c1. The number of nitrogens with one attached hydrogen (secondary N) is 1. The van der Waals surface area contributed by atoms with E-state index >= 15 is 0 Å². The Hall–Kier alpha value is -3.07. The van der Waals surface area contributed by atoms with Crippen molar-refractivity contribution in [3.8, 4) is 16.9 Å². The Morgan fingerprint density at radius 2 is 1.61 bits per heavy atom. The first kappa shape index (κ1) is 19.7. The highest BCUT2D eigenvalue weighted by Gasteiger charge is 2.19. The molecule has 3 rings (SSSR count). The van der Waals surface area contributed by atoms with E-state index in [0.717, 1.165) is 33.7 Å². The van der Waals surface area contributed by atoms with E-state index in [0.29, 0.717) is 0 Å². The van der Waals surface area contributed by atoms with Crippen LogP contribution in [0.3, 0.4) is 0 Å². The highest BCUT2D eigenvalue weighted by atomic mass is 16.5. The van der Waals surface area contributed by atoms with E-state index in [2.05, 4.69) is 38.2 Å². The number of anilines is 1. The first-order valence-corrected chi connectivity index (χ1v) is 9.53. The van der Waals surface area contributed by atoms with Gasteiger partial charge in [-0.15, -0.1) is 0 Å². The summed E-state index contributed by atoms with van der Waals surface area (Å²) in [6, 6.07) is 24.0. The maximum absolute atomic E-state index is 12.6. The quantitative estimate of drug-likeness (QED) is 0.598. The molecule has 0 aromatic heterocycles. The van der Waals surface area contributed by atoms with Gasteiger partial charge in [-0.25, -0.2) is 0 Å². The third-order valence-corrected chi connectivity index (χ3v) is 4.59. The second kappa shape index (κ2) is 8.30. The lowest BCUT2D eigenvalue weighted by atomic mass is 9.86. The summed E-state index contributed by atoms with van der Waals surface area (Å²) in [7, 11) is 0. The zero-order valence-corrected chi connectivity index (χ0v) is 17.0. The number of aryl methyl sites for hydroxylation is 1. The molecule has 3 heteroatoms. The second-order valence-electron chi connectivity index (χ2n) is 8.00. The van der Waals surface area contributed by atoms with Gasteiger partial charge in [0.2, 0.25) is 0 Å². The topological polar surface area (TPSA) is 38.3 Å². The molecule has 3 nitrogen and oxygen atoms in total. The average Bonchev–Trinajstić information content (AvgIpc) is 2.66. The molecular weight excluding hydrogens is 346 g/mol. The van der Waals surface area contributed by atoms with Crippen LogP contribution in [0.1, 0.15) is 31.9 Å².